The van der Waals surface area contributed by atoms with Crippen LogP contribution in [0.4, 0.5) is 17.6 Å². The Morgan fingerprint density at radius 3 is 2.41 bits per heavy atom. The molecule has 0 spiro atoms. The van der Waals surface area contributed by atoms with Crippen molar-refractivity contribution < 1.29 is 22.4 Å². The number of carbonyl (C=O) groups is 1. The molecular weight excluding hydrogens is 324 g/mol. The van der Waals surface area contributed by atoms with Crippen molar-refractivity contribution >= 4 is 18.3 Å². The summed E-state index contributed by atoms with van der Waals surface area (Å²) < 4.78 is 51.8. The first-order valence-electron chi connectivity index (χ1n) is 6.62. The third-order valence-electron chi connectivity index (χ3n) is 3.67. The molecule has 3 nitrogen and oxygen atoms in total. The van der Waals surface area contributed by atoms with Crippen molar-refractivity contribution in [2.75, 3.05) is 13.1 Å². The van der Waals surface area contributed by atoms with Gasteiger partial charge in [0.1, 0.15) is 5.82 Å². The van der Waals surface area contributed by atoms with Gasteiger partial charge in [0, 0.05) is 5.54 Å². The molecule has 0 atom stereocenters. The molecule has 1 aliphatic rings. The second-order valence-corrected chi connectivity index (χ2v) is 5.43. The number of hydrogen-bond donors (Lipinski definition) is 2. The predicted molar refractivity (Wildman–Crippen MR) is 76.6 cm³/mol. The Morgan fingerprint density at radius 1 is 1.27 bits per heavy atom. The lowest BCUT2D eigenvalue weighted by molar-refractivity contribution is -0.140. The van der Waals surface area contributed by atoms with Crippen LogP contribution in [0.1, 0.15) is 35.7 Å². The summed E-state index contributed by atoms with van der Waals surface area (Å²) in [7, 11) is 0. The van der Waals surface area contributed by atoms with E-state index in [0.717, 1.165) is 12.1 Å². The van der Waals surface area contributed by atoms with Crippen LogP contribution < -0.4 is 10.6 Å². The lowest BCUT2D eigenvalue weighted by Gasteiger charge is -2.35. The Balaban J connectivity index is 0.00000242. The van der Waals surface area contributed by atoms with Crippen molar-refractivity contribution in [3.05, 3.63) is 35.1 Å². The highest BCUT2D eigenvalue weighted by molar-refractivity contribution is 5.95. The molecule has 0 unspecified atom stereocenters. The van der Waals surface area contributed by atoms with Gasteiger partial charge in [-0.1, -0.05) is 6.07 Å². The minimum absolute atomic E-state index is 0. The number of amides is 1. The SMILES string of the molecule is CC1(NC(=O)c2cccc(C(F)(F)F)c2F)CCNCC1.Cl. The van der Waals surface area contributed by atoms with Gasteiger partial charge in [-0.05, 0) is 45.0 Å². The Kier molecular flexibility index (Phi) is 5.81. The van der Waals surface area contributed by atoms with E-state index in [9.17, 15) is 22.4 Å². The van der Waals surface area contributed by atoms with Crippen LogP contribution in [0.5, 0.6) is 0 Å². The molecule has 0 bridgehead atoms. The third-order valence-corrected chi connectivity index (χ3v) is 3.67. The number of halogens is 5. The van der Waals surface area contributed by atoms with Crippen LogP contribution in [0.3, 0.4) is 0 Å². The van der Waals surface area contributed by atoms with Gasteiger partial charge in [0.15, 0.2) is 0 Å². The molecule has 2 rings (SSSR count). The minimum Gasteiger partial charge on any atom is -0.347 e. The van der Waals surface area contributed by atoms with Crippen LogP contribution in [0.25, 0.3) is 0 Å². The van der Waals surface area contributed by atoms with E-state index in [1.54, 1.807) is 6.92 Å². The summed E-state index contributed by atoms with van der Waals surface area (Å²) in [5.41, 5.74) is -2.54. The predicted octanol–water partition coefficient (Wildman–Crippen LogP) is 3.14. The zero-order valence-electron chi connectivity index (χ0n) is 11.9. The molecular formula is C14H17ClF4N2O. The molecule has 124 valence electrons. The maximum Gasteiger partial charge on any atom is 0.419 e. The largest absolute Gasteiger partial charge is 0.419 e. The molecule has 1 aromatic carbocycles. The number of piperidine rings is 1. The zero-order chi connectivity index (χ0) is 15.7. The van der Waals surface area contributed by atoms with E-state index in [2.05, 4.69) is 10.6 Å². The highest BCUT2D eigenvalue weighted by atomic mass is 35.5. The molecule has 1 amide bonds. The summed E-state index contributed by atoms with van der Waals surface area (Å²) in [6.45, 7) is 3.20. The van der Waals surface area contributed by atoms with Gasteiger partial charge in [-0.25, -0.2) is 4.39 Å². The molecule has 0 aromatic heterocycles. The smallest absolute Gasteiger partial charge is 0.347 e. The highest BCUT2D eigenvalue weighted by Gasteiger charge is 2.36. The molecule has 8 heteroatoms. The number of rotatable bonds is 2. The minimum atomic E-state index is -4.82. The normalized spacial score (nSPS) is 17.5. The van der Waals surface area contributed by atoms with Crippen molar-refractivity contribution in [2.45, 2.75) is 31.5 Å². The topological polar surface area (TPSA) is 41.1 Å². The fourth-order valence-corrected chi connectivity index (χ4v) is 2.37. The molecule has 0 aliphatic carbocycles. The zero-order valence-corrected chi connectivity index (χ0v) is 12.7. The van der Waals surface area contributed by atoms with Gasteiger partial charge < -0.3 is 10.6 Å². The molecule has 0 saturated carbocycles. The first kappa shape index (κ1) is 18.7. The lowest BCUT2D eigenvalue weighted by atomic mass is 9.90. The molecule has 1 fully saturated rings. The van der Waals surface area contributed by atoms with Gasteiger partial charge in [-0.2, -0.15) is 13.2 Å². The second-order valence-electron chi connectivity index (χ2n) is 5.43. The fraction of sp³-hybridized carbons (Fsp3) is 0.500. The number of carbonyl (C=O) groups excluding carboxylic acids is 1. The fourth-order valence-electron chi connectivity index (χ4n) is 2.37. The summed E-state index contributed by atoms with van der Waals surface area (Å²) in [5, 5.41) is 5.76. The summed E-state index contributed by atoms with van der Waals surface area (Å²) in [6.07, 6.45) is -3.54. The van der Waals surface area contributed by atoms with Crippen LogP contribution in [-0.4, -0.2) is 24.5 Å². The lowest BCUT2D eigenvalue weighted by Crippen LogP contribution is -2.52. The molecule has 1 aromatic rings. The van der Waals surface area contributed by atoms with E-state index in [0.29, 0.717) is 32.0 Å². The van der Waals surface area contributed by atoms with Crippen molar-refractivity contribution in [3.63, 3.8) is 0 Å². The Morgan fingerprint density at radius 2 is 1.86 bits per heavy atom. The van der Waals surface area contributed by atoms with E-state index in [1.807, 2.05) is 0 Å². The van der Waals surface area contributed by atoms with E-state index in [-0.39, 0.29) is 12.4 Å². The highest BCUT2D eigenvalue weighted by Crippen LogP contribution is 2.32. The summed E-state index contributed by atoms with van der Waals surface area (Å²) in [4.78, 5) is 12.1. The van der Waals surface area contributed by atoms with E-state index >= 15 is 0 Å². The number of nitrogens with one attached hydrogen (secondary N) is 2. The van der Waals surface area contributed by atoms with Crippen LogP contribution in [0.2, 0.25) is 0 Å². The molecule has 0 radical (unpaired) electrons. The van der Waals surface area contributed by atoms with Crippen LogP contribution in [0, 0.1) is 5.82 Å². The van der Waals surface area contributed by atoms with Gasteiger partial charge in [0.25, 0.3) is 5.91 Å². The molecule has 1 saturated heterocycles. The van der Waals surface area contributed by atoms with Crippen molar-refractivity contribution in [3.8, 4) is 0 Å². The van der Waals surface area contributed by atoms with Crippen LogP contribution in [0.15, 0.2) is 18.2 Å². The first-order chi connectivity index (χ1) is 9.73. The van der Waals surface area contributed by atoms with Crippen molar-refractivity contribution in [1.29, 1.82) is 0 Å². The molecule has 2 N–H and O–H groups in total. The van der Waals surface area contributed by atoms with Crippen molar-refractivity contribution in [2.24, 2.45) is 0 Å². The Hall–Kier alpha value is -1.34. The van der Waals surface area contributed by atoms with Gasteiger partial charge in [-0.3, -0.25) is 4.79 Å². The third kappa shape index (κ3) is 4.10. The second kappa shape index (κ2) is 6.83. The maximum atomic E-state index is 13.9. The number of hydrogen-bond acceptors (Lipinski definition) is 2. The summed E-state index contributed by atoms with van der Waals surface area (Å²) in [5.74, 6) is -2.34. The van der Waals surface area contributed by atoms with E-state index in [1.165, 1.54) is 0 Å². The average Bonchev–Trinajstić information content (AvgIpc) is 2.37. The Labute approximate surface area is 131 Å². The van der Waals surface area contributed by atoms with E-state index in [4.69, 9.17) is 0 Å². The van der Waals surface area contributed by atoms with Gasteiger partial charge >= 0.3 is 6.18 Å². The van der Waals surface area contributed by atoms with Gasteiger partial charge in [0.05, 0.1) is 11.1 Å². The van der Waals surface area contributed by atoms with Gasteiger partial charge in [-0.15, -0.1) is 12.4 Å². The molecule has 1 aliphatic heterocycles. The quantitative estimate of drug-likeness (QED) is 0.812. The van der Waals surface area contributed by atoms with Gasteiger partial charge in [0.2, 0.25) is 0 Å². The van der Waals surface area contributed by atoms with E-state index < -0.39 is 34.6 Å². The number of alkyl halides is 3. The van der Waals surface area contributed by atoms with Crippen molar-refractivity contribution in [1.82, 2.24) is 10.6 Å². The monoisotopic (exact) mass is 340 g/mol. The summed E-state index contributed by atoms with van der Waals surface area (Å²) in [6, 6.07) is 2.72. The Bertz CT molecular complexity index is 542. The molecule has 22 heavy (non-hydrogen) atoms. The van der Waals surface area contributed by atoms with Crippen LogP contribution in [-0.2, 0) is 6.18 Å². The maximum absolute atomic E-state index is 13.9. The summed E-state index contributed by atoms with van der Waals surface area (Å²) >= 11 is 0. The number of benzene rings is 1. The average molecular weight is 341 g/mol. The molecule has 1 heterocycles. The standard InChI is InChI=1S/C14H16F4N2O.ClH/c1-13(5-7-19-8-6-13)20-12(21)9-3-2-4-10(11(9)15)14(16,17)18;/h2-4,19H,5-8H2,1H3,(H,20,21);1H. The van der Waals surface area contributed by atoms with Crippen LogP contribution >= 0.6 is 12.4 Å². The first-order valence-corrected chi connectivity index (χ1v) is 6.62.